The Kier molecular flexibility index (Phi) is 7.35. The third kappa shape index (κ3) is 4.74. The summed E-state index contributed by atoms with van der Waals surface area (Å²) in [7, 11) is -2.42. The molecule has 0 bridgehead atoms. The minimum Gasteiger partial charge on any atom is -0.469 e. The van der Waals surface area contributed by atoms with E-state index in [0.717, 1.165) is 12.1 Å². The van der Waals surface area contributed by atoms with Gasteiger partial charge in [-0.25, -0.2) is 17.2 Å². The van der Waals surface area contributed by atoms with E-state index in [4.69, 9.17) is 9.47 Å². The van der Waals surface area contributed by atoms with E-state index < -0.39 is 55.8 Å². The molecular weight excluding hydrogens is 464 g/mol. The van der Waals surface area contributed by atoms with Crippen molar-refractivity contribution in [3.8, 4) is 0 Å². The van der Waals surface area contributed by atoms with Gasteiger partial charge in [0.2, 0.25) is 0 Å². The van der Waals surface area contributed by atoms with Gasteiger partial charge in [0.25, 0.3) is 0 Å². The van der Waals surface area contributed by atoms with Crippen molar-refractivity contribution < 1.29 is 31.5 Å². The van der Waals surface area contributed by atoms with Crippen LogP contribution in [-0.4, -0.2) is 52.5 Å². The molecule has 0 amide bonds. The second kappa shape index (κ2) is 10.1. The van der Waals surface area contributed by atoms with Crippen LogP contribution in [0.4, 0.5) is 8.78 Å². The SMILES string of the molecule is COC(=O)[C@H]1CCOC[C@@H]1c1cc(F)c(CC2[C@H](C)NC[C@@H](c3ccccc3)S2(=O)=O)cc1F. The van der Waals surface area contributed by atoms with Crippen LogP contribution < -0.4 is 5.32 Å². The third-order valence-corrected chi connectivity index (χ3v) is 9.67. The molecule has 9 heteroatoms. The fourth-order valence-corrected chi connectivity index (χ4v) is 7.41. The van der Waals surface area contributed by atoms with Crippen molar-refractivity contribution in [1.29, 1.82) is 0 Å². The Morgan fingerprint density at radius 2 is 1.91 bits per heavy atom. The van der Waals surface area contributed by atoms with Gasteiger partial charge >= 0.3 is 5.97 Å². The summed E-state index contributed by atoms with van der Waals surface area (Å²) in [6.07, 6.45) is 0.189. The minimum absolute atomic E-state index is 0.0106. The van der Waals surface area contributed by atoms with E-state index in [1.165, 1.54) is 7.11 Å². The standard InChI is InChI=1S/C25H29F2NO5S/c1-15-23(34(30,31)24(13-28-15)16-6-4-3-5-7-16)11-17-10-22(27)19(12-21(17)26)20-14-33-9-8-18(20)25(29)32-2/h3-7,10,12,15,18,20,23-24,28H,8-9,11,13-14H2,1-2H3/t15-,18-,20-,23?,24-/m0/s1. The summed E-state index contributed by atoms with van der Waals surface area (Å²) in [5.74, 6) is -3.18. The van der Waals surface area contributed by atoms with Crippen molar-refractivity contribution >= 4 is 15.8 Å². The van der Waals surface area contributed by atoms with E-state index >= 15 is 8.78 Å². The summed E-state index contributed by atoms with van der Waals surface area (Å²) in [5, 5.41) is 1.53. The van der Waals surface area contributed by atoms with Gasteiger partial charge in [0.1, 0.15) is 11.6 Å². The Labute approximate surface area is 198 Å². The molecule has 184 valence electrons. The largest absolute Gasteiger partial charge is 0.469 e. The van der Waals surface area contributed by atoms with Crippen molar-refractivity contribution in [2.24, 2.45) is 5.92 Å². The highest BCUT2D eigenvalue weighted by molar-refractivity contribution is 7.92. The molecule has 2 aliphatic rings. The number of sulfone groups is 1. The highest BCUT2D eigenvalue weighted by atomic mass is 32.2. The highest BCUT2D eigenvalue weighted by Gasteiger charge is 2.43. The molecule has 2 aromatic rings. The van der Waals surface area contributed by atoms with E-state index in [1.54, 1.807) is 31.2 Å². The van der Waals surface area contributed by atoms with Crippen LogP contribution in [0.1, 0.15) is 41.2 Å². The van der Waals surface area contributed by atoms with Crippen LogP contribution in [0.5, 0.6) is 0 Å². The van der Waals surface area contributed by atoms with Gasteiger partial charge in [-0.15, -0.1) is 0 Å². The van der Waals surface area contributed by atoms with Crippen LogP contribution in [0.2, 0.25) is 0 Å². The highest BCUT2D eigenvalue weighted by Crippen LogP contribution is 2.36. The molecule has 0 aliphatic carbocycles. The molecule has 4 rings (SSSR count). The van der Waals surface area contributed by atoms with Gasteiger partial charge in [0, 0.05) is 25.1 Å². The van der Waals surface area contributed by atoms with Crippen LogP contribution in [-0.2, 0) is 30.5 Å². The molecule has 2 aromatic carbocycles. The van der Waals surface area contributed by atoms with Crippen molar-refractivity contribution in [3.05, 3.63) is 70.8 Å². The Morgan fingerprint density at radius 3 is 2.62 bits per heavy atom. The molecule has 2 fully saturated rings. The Balaban J connectivity index is 1.62. The number of rotatable bonds is 5. The molecule has 34 heavy (non-hydrogen) atoms. The van der Waals surface area contributed by atoms with Crippen molar-refractivity contribution in [3.63, 3.8) is 0 Å². The predicted molar refractivity (Wildman–Crippen MR) is 123 cm³/mol. The lowest BCUT2D eigenvalue weighted by molar-refractivity contribution is -0.149. The topological polar surface area (TPSA) is 81.7 Å². The minimum atomic E-state index is -3.68. The lowest BCUT2D eigenvalue weighted by atomic mass is 9.82. The fourth-order valence-electron chi connectivity index (χ4n) is 5.04. The summed E-state index contributed by atoms with van der Waals surface area (Å²) in [6.45, 7) is 2.42. The molecule has 2 heterocycles. The van der Waals surface area contributed by atoms with Gasteiger partial charge < -0.3 is 14.8 Å². The fraction of sp³-hybridized carbons (Fsp3) is 0.480. The molecule has 0 radical (unpaired) electrons. The maximum atomic E-state index is 15.2. The molecule has 0 aromatic heterocycles. The Morgan fingerprint density at radius 1 is 1.18 bits per heavy atom. The zero-order valence-corrected chi connectivity index (χ0v) is 20.0. The number of benzene rings is 2. The normalized spacial score (nSPS) is 28.9. The second-order valence-electron chi connectivity index (χ2n) is 8.99. The van der Waals surface area contributed by atoms with Gasteiger partial charge in [0.05, 0.1) is 30.1 Å². The van der Waals surface area contributed by atoms with E-state index in [0.29, 0.717) is 18.6 Å². The van der Waals surface area contributed by atoms with E-state index in [1.807, 2.05) is 6.07 Å². The summed E-state index contributed by atoms with van der Waals surface area (Å²) in [4.78, 5) is 12.2. The summed E-state index contributed by atoms with van der Waals surface area (Å²) >= 11 is 0. The first-order chi connectivity index (χ1) is 16.2. The average molecular weight is 494 g/mol. The summed E-state index contributed by atoms with van der Waals surface area (Å²) in [5.41, 5.74) is 0.694. The van der Waals surface area contributed by atoms with Gasteiger partial charge in [-0.05, 0) is 48.6 Å². The van der Waals surface area contributed by atoms with E-state index in [9.17, 15) is 13.2 Å². The van der Waals surface area contributed by atoms with E-state index in [-0.39, 0.29) is 30.7 Å². The first-order valence-electron chi connectivity index (χ1n) is 11.4. The number of hydrogen-bond acceptors (Lipinski definition) is 6. The zero-order chi connectivity index (χ0) is 24.5. The smallest absolute Gasteiger partial charge is 0.309 e. The van der Waals surface area contributed by atoms with Crippen molar-refractivity contribution in [2.45, 2.75) is 42.2 Å². The van der Waals surface area contributed by atoms with Crippen LogP contribution in [0.3, 0.4) is 0 Å². The van der Waals surface area contributed by atoms with Gasteiger partial charge in [-0.2, -0.15) is 0 Å². The molecule has 2 saturated heterocycles. The first-order valence-corrected chi connectivity index (χ1v) is 13.0. The quantitative estimate of drug-likeness (QED) is 0.644. The second-order valence-corrected chi connectivity index (χ2v) is 11.3. The summed E-state index contributed by atoms with van der Waals surface area (Å²) in [6, 6.07) is 10.6. The average Bonchev–Trinajstić information content (AvgIpc) is 2.83. The van der Waals surface area contributed by atoms with E-state index in [2.05, 4.69) is 5.32 Å². The van der Waals surface area contributed by atoms with Gasteiger partial charge in [-0.1, -0.05) is 30.3 Å². The molecular formula is C25H29F2NO5S. The Bertz CT molecular complexity index is 1140. The lowest BCUT2D eigenvalue weighted by Crippen LogP contribution is -2.53. The predicted octanol–water partition coefficient (Wildman–Crippen LogP) is 3.32. The number of nitrogens with one attached hydrogen (secondary N) is 1. The van der Waals surface area contributed by atoms with Gasteiger partial charge in [-0.3, -0.25) is 4.79 Å². The number of carbonyl (C=O) groups excluding carboxylic acids is 1. The Hall–Kier alpha value is -2.36. The zero-order valence-electron chi connectivity index (χ0n) is 19.2. The number of hydrogen-bond donors (Lipinski definition) is 1. The molecule has 0 saturated carbocycles. The van der Waals surface area contributed by atoms with Gasteiger partial charge in [0.15, 0.2) is 9.84 Å². The van der Waals surface area contributed by atoms with Crippen LogP contribution in [0, 0.1) is 17.6 Å². The molecule has 1 unspecified atom stereocenters. The van der Waals surface area contributed by atoms with Crippen LogP contribution in [0.15, 0.2) is 42.5 Å². The van der Waals surface area contributed by atoms with Crippen LogP contribution in [0.25, 0.3) is 0 Å². The molecule has 5 atom stereocenters. The first kappa shape index (κ1) is 24.8. The molecule has 6 nitrogen and oxygen atoms in total. The van der Waals surface area contributed by atoms with Crippen molar-refractivity contribution in [1.82, 2.24) is 5.32 Å². The molecule has 1 N–H and O–H groups in total. The monoisotopic (exact) mass is 493 g/mol. The number of halogens is 2. The molecule has 0 spiro atoms. The number of esters is 1. The third-order valence-electron chi connectivity index (χ3n) is 7.02. The number of carbonyl (C=O) groups is 1. The van der Waals surface area contributed by atoms with Crippen LogP contribution >= 0.6 is 0 Å². The maximum Gasteiger partial charge on any atom is 0.309 e. The number of ether oxygens (including phenoxy) is 2. The molecule has 2 aliphatic heterocycles. The lowest BCUT2D eigenvalue weighted by Gasteiger charge is -2.36. The maximum absolute atomic E-state index is 15.2. The number of methoxy groups -OCH3 is 1. The van der Waals surface area contributed by atoms with Crippen molar-refractivity contribution in [2.75, 3.05) is 26.9 Å². The summed E-state index contributed by atoms with van der Waals surface area (Å²) < 4.78 is 67.6.